The van der Waals surface area contributed by atoms with Gasteiger partial charge in [-0.15, -0.1) is 0 Å². The van der Waals surface area contributed by atoms with Crippen LogP contribution < -0.4 is 21.3 Å². The van der Waals surface area contributed by atoms with Crippen molar-refractivity contribution in [3.63, 3.8) is 0 Å². The Morgan fingerprint density at radius 1 is 1.10 bits per heavy atom. The quantitative estimate of drug-likeness (QED) is 0.321. The summed E-state index contributed by atoms with van der Waals surface area (Å²) >= 11 is 0. The Morgan fingerprint density at radius 2 is 1.81 bits per heavy atom. The van der Waals surface area contributed by atoms with Crippen molar-refractivity contribution in [1.82, 2.24) is 15.0 Å². The molecule has 0 aliphatic carbocycles. The molecule has 0 aromatic carbocycles. The summed E-state index contributed by atoms with van der Waals surface area (Å²) < 4.78 is 10.9. The zero-order chi connectivity index (χ0) is 15.5. The lowest BCUT2D eigenvalue weighted by Crippen LogP contribution is -2.17. The molecule has 0 spiro atoms. The van der Waals surface area contributed by atoms with Crippen LogP contribution >= 0.6 is 0 Å². The predicted molar refractivity (Wildman–Crippen MR) is 82.2 cm³/mol. The molecule has 0 saturated heterocycles. The van der Waals surface area contributed by atoms with Crippen LogP contribution in [-0.2, 0) is 4.74 Å². The van der Waals surface area contributed by atoms with E-state index in [9.17, 15) is 0 Å². The Hall–Kier alpha value is -1.67. The first kappa shape index (κ1) is 17.4. The van der Waals surface area contributed by atoms with Crippen LogP contribution in [0.25, 0.3) is 0 Å². The van der Waals surface area contributed by atoms with Gasteiger partial charge >= 0.3 is 6.01 Å². The van der Waals surface area contributed by atoms with Crippen molar-refractivity contribution in [2.75, 3.05) is 30.5 Å². The van der Waals surface area contributed by atoms with Gasteiger partial charge in [-0.2, -0.15) is 15.0 Å². The molecule has 120 valence electrons. The maximum absolute atomic E-state index is 5.48. The summed E-state index contributed by atoms with van der Waals surface area (Å²) in [7, 11) is 0. The van der Waals surface area contributed by atoms with Crippen LogP contribution in [0.4, 0.5) is 11.9 Å². The molecule has 0 fully saturated rings. The maximum Gasteiger partial charge on any atom is 0.323 e. The van der Waals surface area contributed by atoms with Crippen LogP contribution in [0, 0.1) is 0 Å². The molecule has 0 bridgehead atoms. The second kappa shape index (κ2) is 10.1. The number of nitrogen functional groups attached to an aromatic ring is 1. The summed E-state index contributed by atoms with van der Waals surface area (Å²) in [6, 6.07) is 0.245. The monoisotopic (exact) mass is 298 g/mol. The molecular weight excluding hydrogens is 272 g/mol. The average Bonchev–Trinajstić information content (AvgIpc) is 2.45. The number of hydrogen-bond acceptors (Lipinski definition) is 8. The third-order valence-corrected chi connectivity index (χ3v) is 2.48. The largest absolute Gasteiger partial charge is 0.461 e. The summed E-state index contributed by atoms with van der Waals surface area (Å²) in [6.07, 6.45) is 3.11. The molecule has 8 nitrogen and oxygen atoms in total. The third kappa shape index (κ3) is 7.62. The molecule has 0 atom stereocenters. The highest BCUT2D eigenvalue weighted by molar-refractivity contribution is 5.34. The van der Waals surface area contributed by atoms with Gasteiger partial charge in [0.2, 0.25) is 11.9 Å². The van der Waals surface area contributed by atoms with E-state index in [4.69, 9.17) is 15.3 Å². The van der Waals surface area contributed by atoms with Crippen molar-refractivity contribution in [1.29, 1.82) is 0 Å². The first-order valence-electron chi connectivity index (χ1n) is 7.36. The number of nitrogens with one attached hydrogen (secondary N) is 2. The van der Waals surface area contributed by atoms with E-state index in [0.29, 0.717) is 12.5 Å². The van der Waals surface area contributed by atoms with E-state index in [1.54, 1.807) is 0 Å². The number of rotatable bonds is 11. The van der Waals surface area contributed by atoms with Gasteiger partial charge in [-0.3, -0.25) is 5.43 Å². The van der Waals surface area contributed by atoms with Gasteiger partial charge in [-0.25, -0.2) is 5.84 Å². The Bertz CT molecular complexity index is 402. The van der Waals surface area contributed by atoms with Crippen molar-refractivity contribution in [3.8, 4) is 6.01 Å². The highest BCUT2D eigenvalue weighted by Gasteiger charge is 2.07. The zero-order valence-corrected chi connectivity index (χ0v) is 13.1. The number of nitrogens with zero attached hydrogens (tertiary/aromatic N) is 3. The van der Waals surface area contributed by atoms with Gasteiger partial charge in [-0.05, 0) is 26.7 Å². The first-order valence-corrected chi connectivity index (χ1v) is 7.36. The van der Waals surface area contributed by atoms with Crippen LogP contribution in [0.15, 0.2) is 0 Å². The van der Waals surface area contributed by atoms with Crippen LogP contribution in [0.3, 0.4) is 0 Å². The maximum atomic E-state index is 5.48. The summed E-state index contributed by atoms with van der Waals surface area (Å²) in [5.41, 5.74) is 2.40. The van der Waals surface area contributed by atoms with Gasteiger partial charge in [0.05, 0.1) is 6.10 Å². The van der Waals surface area contributed by atoms with E-state index in [1.807, 2.05) is 13.8 Å². The summed E-state index contributed by atoms with van der Waals surface area (Å²) in [6.45, 7) is 8.19. The number of ether oxygens (including phenoxy) is 2. The smallest absolute Gasteiger partial charge is 0.323 e. The van der Waals surface area contributed by atoms with E-state index in [-0.39, 0.29) is 18.1 Å². The van der Waals surface area contributed by atoms with E-state index >= 15 is 0 Å². The Balaban J connectivity index is 2.39. The number of hydrogen-bond donors (Lipinski definition) is 3. The minimum Gasteiger partial charge on any atom is -0.461 e. The van der Waals surface area contributed by atoms with Crippen LogP contribution in [0.5, 0.6) is 6.01 Å². The molecule has 1 aromatic heterocycles. The van der Waals surface area contributed by atoms with Crippen LogP contribution in [0.1, 0.15) is 40.0 Å². The van der Waals surface area contributed by atoms with Crippen LogP contribution in [-0.4, -0.2) is 40.8 Å². The summed E-state index contributed by atoms with van der Waals surface area (Å²) in [5.74, 6) is 6.03. The normalized spacial score (nSPS) is 10.7. The molecule has 0 saturated carbocycles. The number of anilines is 2. The van der Waals surface area contributed by atoms with Crippen molar-refractivity contribution >= 4 is 11.9 Å². The second-order valence-corrected chi connectivity index (χ2v) is 4.82. The molecule has 4 N–H and O–H groups in total. The summed E-state index contributed by atoms with van der Waals surface area (Å²) in [5, 5.41) is 3.11. The van der Waals surface area contributed by atoms with Gasteiger partial charge in [0, 0.05) is 19.8 Å². The average molecular weight is 298 g/mol. The van der Waals surface area contributed by atoms with E-state index < -0.39 is 0 Å². The molecule has 0 unspecified atom stereocenters. The van der Waals surface area contributed by atoms with Gasteiger partial charge in [0.1, 0.15) is 0 Å². The Labute approximate surface area is 125 Å². The standard InChI is InChI=1S/C13H26N6O2/c1-4-5-8-20-9-6-7-15-11-16-12(19-14)18-13(17-11)21-10(2)3/h10H,4-9,14H2,1-3H3,(H2,15,16,17,18,19). The lowest BCUT2D eigenvalue weighted by atomic mass is 10.4. The van der Waals surface area contributed by atoms with Crippen molar-refractivity contribution in [2.45, 2.75) is 46.1 Å². The molecule has 0 aliphatic heterocycles. The molecule has 1 rings (SSSR count). The van der Waals surface area contributed by atoms with Gasteiger partial charge < -0.3 is 14.8 Å². The SMILES string of the molecule is CCCCOCCCNc1nc(NN)nc(OC(C)C)n1. The molecule has 21 heavy (non-hydrogen) atoms. The van der Waals surface area contributed by atoms with Crippen molar-refractivity contribution in [2.24, 2.45) is 5.84 Å². The topological polar surface area (TPSA) is 107 Å². The molecule has 1 heterocycles. The molecular formula is C13H26N6O2. The minimum absolute atomic E-state index is 0.0159. The highest BCUT2D eigenvalue weighted by Crippen LogP contribution is 2.11. The fraction of sp³-hybridized carbons (Fsp3) is 0.769. The zero-order valence-electron chi connectivity index (χ0n) is 13.1. The highest BCUT2D eigenvalue weighted by atomic mass is 16.5. The van der Waals surface area contributed by atoms with Gasteiger partial charge in [0.25, 0.3) is 0 Å². The Morgan fingerprint density at radius 3 is 2.48 bits per heavy atom. The second-order valence-electron chi connectivity index (χ2n) is 4.82. The van der Waals surface area contributed by atoms with Crippen LogP contribution in [0.2, 0.25) is 0 Å². The number of unbranched alkanes of at least 4 members (excludes halogenated alkanes) is 1. The van der Waals surface area contributed by atoms with E-state index in [1.165, 1.54) is 0 Å². The van der Waals surface area contributed by atoms with Crippen molar-refractivity contribution < 1.29 is 9.47 Å². The van der Waals surface area contributed by atoms with Gasteiger partial charge in [-0.1, -0.05) is 13.3 Å². The molecule has 8 heteroatoms. The predicted octanol–water partition coefficient (Wildman–Crippen LogP) is 1.56. The minimum atomic E-state index is -0.0159. The first-order chi connectivity index (χ1) is 10.2. The summed E-state index contributed by atoms with van der Waals surface area (Å²) in [4.78, 5) is 12.3. The molecule has 0 aliphatic rings. The van der Waals surface area contributed by atoms with E-state index in [2.05, 4.69) is 32.6 Å². The number of hydrazine groups is 1. The Kier molecular flexibility index (Phi) is 8.37. The number of nitrogens with two attached hydrogens (primary N) is 1. The van der Waals surface area contributed by atoms with Gasteiger partial charge in [0.15, 0.2) is 0 Å². The fourth-order valence-corrected chi connectivity index (χ4v) is 1.49. The molecule has 0 radical (unpaired) electrons. The number of aromatic nitrogens is 3. The van der Waals surface area contributed by atoms with Crippen molar-refractivity contribution in [3.05, 3.63) is 0 Å². The van der Waals surface area contributed by atoms with E-state index in [0.717, 1.165) is 32.5 Å². The molecule has 0 amide bonds. The lowest BCUT2D eigenvalue weighted by molar-refractivity contribution is 0.131. The lowest BCUT2D eigenvalue weighted by Gasteiger charge is -2.11. The third-order valence-electron chi connectivity index (χ3n) is 2.48. The molecule has 1 aromatic rings. The fourth-order valence-electron chi connectivity index (χ4n) is 1.49.